The van der Waals surface area contributed by atoms with E-state index >= 15 is 0 Å². The second kappa shape index (κ2) is 7.72. The molecule has 20 heavy (non-hydrogen) atoms. The summed E-state index contributed by atoms with van der Waals surface area (Å²) in [5.41, 5.74) is 0. The minimum absolute atomic E-state index is 0.00676. The molecule has 3 unspecified atom stereocenters. The van der Waals surface area contributed by atoms with E-state index in [1.54, 1.807) is 7.11 Å². The van der Waals surface area contributed by atoms with Crippen LogP contribution in [0.2, 0.25) is 0 Å². The molecule has 1 aliphatic rings. The van der Waals surface area contributed by atoms with E-state index in [0.717, 1.165) is 17.9 Å². The highest BCUT2D eigenvalue weighted by atomic mass is 35.5. The molecule has 1 aromatic rings. The third kappa shape index (κ3) is 4.01. The van der Waals surface area contributed by atoms with Gasteiger partial charge in [-0.05, 0) is 31.2 Å². The predicted octanol–water partition coefficient (Wildman–Crippen LogP) is 2.88. The van der Waals surface area contributed by atoms with Crippen LogP contribution in [0.15, 0.2) is 24.3 Å². The lowest BCUT2D eigenvalue weighted by atomic mass is 9.91. The molecule has 1 fully saturated rings. The molecule has 0 bridgehead atoms. The van der Waals surface area contributed by atoms with Gasteiger partial charge < -0.3 is 18.9 Å². The zero-order chi connectivity index (χ0) is 14.4. The summed E-state index contributed by atoms with van der Waals surface area (Å²) in [6.07, 6.45) is 0.734. The number of alkyl halides is 1. The molecule has 0 aliphatic heterocycles. The number of ether oxygens (including phenoxy) is 4. The van der Waals surface area contributed by atoms with Crippen molar-refractivity contribution < 1.29 is 18.9 Å². The summed E-state index contributed by atoms with van der Waals surface area (Å²) in [5.74, 6) is 1.65. The fraction of sp³-hybridized carbons (Fsp3) is 0.600. The van der Waals surface area contributed by atoms with E-state index in [1.807, 2.05) is 31.2 Å². The molecule has 0 heterocycles. The summed E-state index contributed by atoms with van der Waals surface area (Å²) in [7, 11) is 1.65. The molecular weight excluding hydrogens is 280 g/mol. The molecule has 2 rings (SSSR count). The Morgan fingerprint density at radius 1 is 1.15 bits per heavy atom. The number of halogens is 1. The molecule has 1 saturated carbocycles. The first-order valence-electron chi connectivity index (χ1n) is 6.88. The van der Waals surface area contributed by atoms with E-state index < -0.39 is 0 Å². The average molecular weight is 301 g/mol. The second-order valence-corrected chi connectivity index (χ2v) is 5.20. The van der Waals surface area contributed by atoms with Crippen molar-refractivity contribution in [2.24, 2.45) is 0 Å². The highest BCUT2D eigenvalue weighted by Gasteiger charge is 2.42. The zero-order valence-electron chi connectivity index (χ0n) is 11.9. The van der Waals surface area contributed by atoms with Crippen molar-refractivity contribution >= 4 is 11.6 Å². The normalized spacial score (nSPS) is 25.1. The molecule has 1 aliphatic carbocycles. The summed E-state index contributed by atoms with van der Waals surface area (Å²) in [6, 6.07) is 7.60. The molecule has 0 N–H and O–H groups in total. The lowest BCUT2D eigenvalue weighted by Gasteiger charge is -2.40. The molecule has 3 atom stereocenters. The maximum atomic E-state index is 6.16. The van der Waals surface area contributed by atoms with Crippen molar-refractivity contribution in [3.8, 4) is 11.5 Å². The highest BCUT2D eigenvalue weighted by molar-refractivity contribution is 6.21. The number of rotatable bonds is 8. The van der Waals surface area contributed by atoms with Crippen molar-refractivity contribution in [2.75, 3.05) is 26.9 Å². The topological polar surface area (TPSA) is 36.9 Å². The molecule has 0 aromatic heterocycles. The predicted molar refractivity (Wildman–Crippen MR) is 77.9 cm³/mol. The van der Waals surface area contributed by atoms with Gasteiger partial charge in [0.05, 0.1) is 25.2 Å². The molecular formula is C15H21ClO4. The third-order valence-corrected chi connectivity index (χ3v) is 3.63. The van der Waals surface area contributed by atoms with Crippen LogP contribution in [0.5, 0.6) is 11.5 Å². The maximum absolute atomic E-state index is 6.16. The van der Waals surface area contributed by atoms with E-state index in [2.05, 4.69) is 0 Å². The van der Waals surface area contributed by atoms with Gasteiger partial charge >= 0.3 is 0 Å². The van der Waals surface area contributed by atoms with E-state index in [0.29, 0.717) is 19.8 Å². The average Bonchev–Trinajstić information content (AvgIpc) is 2.45. The van der Waals surface area contributed by atoms with Gasteiger partial charge in [0.2, 0.25) is 0 Å². The van der Waals surface area contributed by atoms with Gasteiger partial charge in [0.15, 0.2) is 0 Å². The largest absolute Gasteiger partial charge is 0.494 e. The van der Waals surface area contributed by atoms with Gasteiger partial charge in [0, 0.05) is 13.5 Å². The Labute approximate surface area is 124 Å². The van der Waals surface area contributed by atoms with Crippen molar-refractivity contribution in [3.63, 3.8) is 0 Å². The number of hydrogen-bond acceptors (Lipinski definition) is 4. The standard InChI is InChI=1S/C15H21ClO4/c1-3-18-11-4-6-12(7-5-11)20-14-10-13(16)15(14)19-9-8-17-2/h4-7,13-15H,3,8-10H2,1-2H3. The van der Waals surface area contributed by atoms with Crippen LogP contribution < -0.4 is 9.47 Å². The van der Waals surface area contributed by atoms with Gasteiger partial charge in [0.1, 0.15) is 23.7 Å². The van der Waals surface area contributed by atoms with Crippen LogP contribution in [0, 0.1) is 0 Å². The quantitative estimate of drug-likeness (QED) is 0.546. The third-order valence-electron chi connectivity index (χ3n) is 3.20. The van der Waals surface area contributed by atoms with Crippen LogP contribution in [-0.4, -0.2) is 44.5 Å². The van der Waals surface area contributed by atoms with E-state index in [1.165, 1.54) is 0 Å². The summed E-state index contributed by atoms with van der Waals surface area (Å²) in [5, 5.41) is 0.0135. The van der Waals surface area contributed by atoms with Gasteiger partial charge in [-0.3, -0.25) is 0 Å². The van der Waals surface area contributed by atoms with Crippen LogP contribution >= 0.6 is 11.6 Å². The van der Waals surface area contributed by atoms with Crippen molar-refractivity contribution in [1.29, 1.82) is 0 Å². The molecule has 4 nitrogen and oxygen atoms in total. The summed E-state index contributed by atoms with van der Waals surface area (Å²) < 4.78 is 21.9. The minimum Gasteiger partial charge on any atom is -0.494 e. The van der Waals surface area contributed by atoms with Crippen LogP contribution in [0.4, 0.5) is 0 Å². The Bertz CT molecular complexity index is 395. The molecule has 0 saturated heterocycles. The van der Waals surface area contributed by atoms with Crippen molar-refractivity contribution in [3.05, 3.63) is 24.3 Å². The number of methoxy groups -OCH3 is 1. The van der Waals surface area contributed by atoms with Crippen LogP contribution in [0.3, 0.4) is 0 Å². The molecule has 0 spiro atoms. The fourth-order valence-corrected chi connectivity index (χ4v) is 2.49. The molecule has 5 heteroatoms. The maximum Gasteiger partial charge on any atom is 0.128 e. The van der Waals surface area contributed by atoms with Gasteiger partial charge in [-0.15, -0.1) is 11.6 Å². The Morgan fingerprint density at radius 2 is 1.85 bits per heavy atom. The lowest BCUT2D eigenvalue weighted by Crippen LogP contribution is -2.53. The van der Waals surface area contributed by atoms with E-state index in [-0.39, 0.29) is 17.6 Å². The molecule has 112 valence electrons. The van der Waals surface area contributed by atoms with Crippen molar-refractivity contribution in [2.45, 2.75) is 30.9 Å². The van der Waals surface area contributed by atoms with Crippen LogP contribution in [0.1, 0.15) is 13.3 Å². The first-order chi connectivity index (χ1) is 9.74. The summed E-state index contributed by atoms with van der Waals surface area (Å²) in [6.45, 7) is 3.72. The van der Waals surface area contributed by atoms with Gasteiger partial charge in [-0.25, -0.2) is 0 Å². The summed E-state index contributed by atoms with van der Waals surface area (Å²) >= 11 is 6.16. The van der Waals surface area contributed by atoms with Gasteiger partial charge in [0.25, 0.3) is 0 Å². The molecule has 1 aromatic carbocycles. The second-order valence-electron chi connectivity index (χ2n) is 4.64. The summed E-state index contributed by atoms with van der Waals surface area (Å²) in [4.78, 5) is 0. The Morgan fingerprint density at radius 3 is 2.45 bits per heavy atom. The first-order valence-corrected chi connectivity index (χ1v) is 7.32. The van der Waals surface area contributed by atoms with Gasteiger partial charge in [-0.2, -0.15) is 0 Å². The van der Waals surface area contributed by atoms with Crippen molar-refractivity contribution in [1.82, 2.24) is 0 Å². The van der Waals surface area contributed by atoms with E-state index in [9.17, 15) is 0 Å². The lowest BCUT2D eigenvalue weighted by molar-refractivity contribution is -0.0898. The van der Waals surface area contributed by atoms with E-state index in [4.69, 9.17) is 30.5 Å². The minimum atomic E-state index is -0.0709. The first kappa shape index (κ1) is 15.4. The fourth-order valence-electron chi connectivity index (χ4n) is 2.08. The van der Waals surface area contributed by atoms with Gasteiger partial charge in [-0.1, -0.05) is 0 Å². The smallest absolute Gasteiger partial charge is 0.128 e. The number of hydrogen-bond donors (Lipinski definition) is 0. The van der Waals surface area contributed by atoms with Crippen LogP contribution in [-0.2, 0) is 9.47 Å². The number of benzene rings is 1. The zero-order valence-corrected chi connectivity index (χ0v) is 12.6. The molecule has 0 amide bonds. The highest BCUT2D eigenvalue weighted by Crippen LogP contribution is 2.33. The molecule has 0 radical (unpaired) electrons. The Hall–Kier alpha value is -0.970. The Kier molecular flexibility index (Phi) is 5.95. The SMILES string of the molecule is CCOc1ccc(OC2CC(Cl)C2OCCOC)cc1. The monoisotopic (exact) mass is 300 g/mol. The Balaban J connectivity index is 1.82. The van der Waals surface area contributed by atoms with Crippen LogP contribution in [0.25, 0.3) is 0 Å².